The van der Waals surface area contributed by atoms with Gasteiger partial charge in [0.15, 0.2) is 5.82 Å². The summed E-state index contributed by atoms with van der Waals surface area (Å²) < 4.78 is 16.0. The maximum Gasteiger partial charge on any atom is 0.227 e. The Labute approximate surface area is 197 Å². The summed E-state index contributed by atoms with van der Waals surface area (Å²) in [5.41, 5.74) is 0.863. The molecule has 182 valence electrons. The number of aromatic nitrogens is 5. The number of alkyl halides is 1. The molecule has 5 rings (SSSR count). The number of hydrogen-bond donors (Lipinski definition) is 3. The van der Waals surface area contributed by atoms with Gasteiger partial charge >= 0.3 is 0 Å². The van der Waals surface area contributed by atoms with E-state index in [0.29, 0.717) is 30.5 Å². The van der Waals surface area contributed by atoms with E-state index in [-0.39, 0.29) is 24.6 Å². The van der Waals surface area contributed by atoms with Crippen molar-refractivity contribution >= 4 is 34.3 Å². The Morgan fingerprint density at radius 2 is 2.03 bits per heavy atom. The van der Waals surface area contributed by atoms with Crippen molar-refractivity contribution in [1.82, 2.24) is 24.7 Å². The molecule has 0 aromatic carbocycles. The van der Waals surface area contributed by atoms with Crippen molar-refractivity contribution < 1.29 is 14.6 Å². The van der Waals surface area contributed by atoms with E-state index in [1.165, 1.54) is 0 Å². The van der Waals surface area contributed by atoms with Gasteiger partial charge in [0.05, 0.1) is 30.2 Å². The number of nitrogens with zero attached hydrogens (tertiary/aromatic N) is 7. The summed E-state index contributed by atoms with van der Waals surface area (Å²) in [5.74, 6) is 2.47. The lowest BCUT2D eigenvalue weighted by Gasteiger charge is -2.47. The van der Waals surface area contributed by atoms with E-state index >= 15 is 0 Å². The van der Waals surface area contributed by atoms with Crippen molar-refractivity contribution in [3.8, 4) is 0 Å². The summed E-state index contributed by atoms with van der Waals surface area (Å²) in [4.78, 5) is 17.3. The van der Waals surface area contributed by atoms with Crippen LogP contribution < -0.4 is 15.1 Å². The summed E-state index contributed by atoms with van der Waals surface area (Å²) >= 11 is 0. The van der Waals surface area contributed by atoms with Crippen LogP contribution in [0, 0.1) is 5.41 Å². The smallest absolute Gasteiger partial charge is 0.227 e. The number of aliphatic hydroxyl groups excluding tert-OH is 2. The highest BCUT2D eigenvalue weighted by Gasteiger charge is 2.40. The van der Waals surface area contributed by atoms with Crippen LogP contribution in [0.2, 0.25) is 0 Å². The highest BCUT2D eigenvalue weighted by molar-refractivity contribution is 5.92. The van der Waals surface area contributed by atoms with Gasteiger partial charge in [-0.3, -0.25) is 4.68 Å². The molecule has 0 aliphatic carbocycles. The maximum atomic E-state index is 14.0. The number of nitrogens with one attached hydrogen (secondary N) is 1. The van der Waals surface area contributed by atoms with Gasteiger partial charge in [0, 0.05) is 49.6 Å². The number of piperidine rings is 1. The molecule has 2 saturated heterocycles. The lowest BCUT2D eigenvalue weighted by atomic mass is 9.83. The minimum Gasteiger partial charge on any atom is -0.396 e. The average molecular weight is 471 g/mol. The van der Waals surface area contributed by atoms with Crippen LogP contribution in [0.4, 0.5) is 27.8 Å². The first-order valence-corrected chi connectivity index (χ1v) is 11.7. The van der Waals surface area contributed by atoms with E-state index in [0.717, 1.165) is 29.8 Å². The fraction of sp³-hybridized carbons (Fsp3) is 0.565. The fourth-order valence-electron chi connectivity index (χ4n) is 4.61. The van der Waals surface area contributed by atoms with Crippen molar-refractivity contribution in [2.75, 3.05) is 47.9 Å². The molecule has 0 radical (unpaired) electrons. The molecule has 0 unspecified atom stereocenters. The molecule has 3 N–H and O–H groups in total. The minimum atomic E-state index is -1.31. The molecule has 3 aromatic rings. The molecule has 5 heterocycles. The fourth-order valence-corrected chi connectivity index (χ4v) is 4.61. The van der Waals surface area contributed by atoms with Crippen molar-refractivity contribution in [3.63, 3.8) is 0 Å². The topological polar surface area (TPSA) is 115 Å². The van der Waals surface area contributed by atoms with Crippen LogP contribution in [-0.2, 0) is 0 Å². The molecule has 0 saturated carbocycles. The second-order valence-corrected chi connectivity index (χ2v) is 9.96. The predicted molar refractivity (Wildman–Crippen MR) is 128 cm³/mol. The van der Waals surface area contributed by atoms with Crippen LogP contribution in [0.15, 0.2) is 24.5 Å². The summed E-state index contributed by atoms with van der Waals surface area (Å²) in [6, 6.07) is 3.85. The van der Waals surface area contributed by atoms with Crippen LogP contribution in [0.5, 0.6) is 0 Å². The number of pyridine rings is 1. The van der Waals surface area contributed by atoms with Gasteiger partial charge in [0.25, 0.3) is 0 Å². The van der Waals surface area contributed by atoms with Gasteiger partial charge in [-0.1, -0.05) is 6.92 Å². The van der Waals surface area contributed by atoms with Crippen molar-refractivity contribution in [2.45, 2.75) is 45.5 Å². The lowest BCUT2D eigenvalue weighted by Crippen LogP contribution is -2.57. The second-order valence-electron chi connectivity index (χ2n) is 9.96. The lowest BCUT2D eigenvalue weighted by molar-refractivity contribution is 0.0612. The molecule has 3 aromatic heterocycles. The van der Waals surface area contributed by atoms with E-state index in [2.05, 4.69) is 45.9 Å². The van der Waals surface area contributed by atoms with Gasteiger partial charge < -0.3 is 25.3 Å². The van der Waals surface area contributed by atoms with E-state index in [4.69, 9.17) is 5.10 Å². The van der Waals surface area contributed by atoms with Crippen LogP contribution in [-0.4, -0.2) is 80.0 Å². The number of rotatable bonds is 6. The van der Waals surface area contributed by atoms with Crippen LogP contribution >= 0.6 is 0 Å². The normalized spacial score (nSPS) is 22.3. The van der Waals surface area contributed by atoms with Gasteiger partial charge in [-0.2, -0.15) is 10.1 Å². The van der Waals surface area contributed by atoms with E-state index in [9.17, 15) is 14.6 Å². The second kappa shape index (κ2) is 8.62. The zero-order valence-corrected chi connectivity index (χ0v) is 19.7. The SMILES string of the molecule is CC(C)n1nc(N2CC(C)(CO)C2)c2cnc(Nc3ccnc(N4CC[C@H](O)[C@H](F)C4)n3)cc21. The first kappa shape index (κ1) is 22.7. The Bertz CT molecular complexity index is 1180. The molecule has 34 heavy (non-hydrogen) atoms. The molecule has 0 spiro atoms. The van der Waals surface area contributed by atoms with Crippen LogP contribution in [0.25, 0.3) is 10.9 Å². The molecule has 11 heteroatoms. The summed E-state index contributed by atoms with van der Waals surface area (Å²) in [6.45, 7) is 8.47. The third-order valence-electron chi connectivity index (χ3n) is 6.58. The van der Waals surface area contributed by atoms with Crippen molar-refractivity contribution in [3.05, 3.63) is 24.5 Å². The minimum absolute atomic E-state index is 0.0665. The van der Waals surface area contributed by atoms with Gasteiger partial charge in [-0.25, -0.2) is 14.4 Å². The number of fused-ring (bicyclic) bond motifs is 1. The summed E-state index contributed by atoms with van der Waals surface area (Å²) in [5, 5.41) is 28.3. The number of anilines is 4. The predicted octanol–water partition coefficient (Wildman–Crippen LogP) is 2.27. The molecular formula is C23H31FN8O2. The molecule has 0 bridgehead atoms. The third kappa shape index (κ3) is 4.14. The largest absolute Gasteiger partial charge is 0.396 e. The zero-order chi connectivity index (χ0) is 24.0. The first-order valence-electron chi connectivity index (χ1n) is 11.7. The number of hydrogen-bond acceptors (Lipinski definition) is 9. The Morgan fingerprint density at radius 1 is 1.24 bits per heavy atom. The Morgan fingerprint density at radius 3 is 2.74 bits per heavy atom. The van der Waals surface area contributed by atoms with Crippen molar-refractivity contribution in [2.24, 2.45) is 5.41 Å². The first-order chi connectivity index (χ1) is 16.3. The van der Waals surface area contributed by atoms with Gasteiger partial charge in [0.1, 0.15) is 17.8 Å². The third-order valence-corrected chi connectivity index (χ3v) is 6.58. The Balaban J connectivity index is 1.39. The van der Waals surface area contributed by atoms with Gasteiger partial charge in [-0.05, 0) is 26.3 Å². The Hall–Kier alpha value is -3.05. The van der Waals surface area contributed by atoms with Gasteiger partial charge in [-0.15, -0.1) is 0 Å². The van der Waals surface area contributed by atoms with E-state index in [1.54, 1.807) is 17.2 Å². The molecule has 2 aliphatic rings. The number of halogens is 1. The van der Waals surface area contributed by atoms with Gasteiger partial charge in [0.2, 0.25) is 5.95 Å². The standard InChI is InChI=1S/C23H31FN8O2/c1-14(2)32-17-8-20(26-9-15(17)21(29-32)31-11-23(3,12-31)13-33)27-19-4-6-25-22(28-19)30-7-5-18(34)16(24)10-30/h4,6,8-9,14,16,18,33-34H,5,7,10-13H2,1-3H3,(H,25,26,27,28)/t16-,18+/m1/s1. The molecule has 2 atom stereocenters. The quantitative estimate of drug-likeness (QED) is 0.499. The highest BCUT2D eigenvalue weighted by atomic mass is 19.1. The molecule has 2 fully saturated rings. The highest BCUT2D eigenvalue weighted by Crippen LogP contribution is 2.38. The summed E-state index contributed by atoms with van der Waals surface area (Å²) in [7, 11) is 0. The van der Waals surface area contributed by atoms with E-state index < -0.39 is 12.3 Å². The van der Waals surface area contributed by atoms with Crippen LogP contribution in [0.3, 0.4) is 0 Å². The summed E-state index contributed by atoms with van der Waals surface area (Å²) in [6.07, 6.45) is 1.54. The molecule has 0 amide bonds. The monoisotopic (exact) mass is 470 g/mol. The molecule has 2 aliphatic heterocycles. The Kier molecular flexibility index (Phi) is 5.76. The van der Waals surface area contributed by atoms with Crippen LogP contribution in [0.1, 0.15) is 33.2 Å². The zero-order valence-electron chi connectivity index (χ0n) is 19.7. The van der Waals surface area contributed by atoms with Crippen molar-refractivity contribution in [1.29, 1.82) is 0 Å². The van der Waals surface area contributed by atoms with E-state index in [1.807, 2.05) is 16.9 Å². The molecule has 10 nitrogen and oxygen atoms in total. The number of aliphatic hydroxyl groups is 2. The maximum absolute atomic E-state index is 14.0. The molecular weight excluding hydrogens is 439 g/mol. The average Bonchev–Trinajstić information content (AvgIpc) is 3.18.